The number of hydrogen-bond donors (Lipinski definition) is 3. The lowest BCUT2D eigenvalue weighted by Gasteiger charge is -2.32. The number of aromatic amines is 2. The first kappa shape index (κ1) is 44.0. The van der Waals surface area contributed by atoms with Gasteiger partial charge < -0.3 is 48.9 Å². The number of esters is 1. The van der Waals surface area contributed by atoms with E-state index in [9.17, 15) is 14.7 Å². The quantitative estimate of drug-likeness (QED) is 0.0725. The molecule has 0 saturated carbocycles. The smallest absolute Gasteiger partial charge is 0.340 e. The summed E-state index contributed by atoms with van der Waals surface area (Å²) in [5.74, 6) is 0.327. The number of benzene rings is 4. The molecule has 3 N–H and O–H groups in total. The normalized spacial score (nSPS) is 15.4. The van der Waals surface area contributed by atoms with Gasteiger partial charge in [0.1, 0.15) is 11.5 Å². The van der Waals surface area contributed by atoms with Crippen molar-refractivity contribution in [2.45, 2.75) is 12.8 Å². The van der Waals surface area contributed by atoms with Crippen LogP contribution in [0.3, 0.4) is 0 Å². The number of piperazine rings is 2. The van der Waals surface area contributed by atoms with Crippen molar-refractivity contribution in [3.8, 4) is 33.8 Å². The van der Waals surface area contributed by atoms with Gasteiger partial charge in [-0.15, -0.1) is 0 Å². The van der Waals surface area contributed by atoms with Crippen molar-refractivity contribution >= 4 is 56.9 Å². The Morgan fingerprint density at radius 3 is 1.44 bits per heavy atom. The first-order valence-corrected chi connectivity index (χ1v) is 21.5. The summed E-state index contributed by atoms with van der Waals surface area (Å²) in [5, 5.41) is 12.0. The maximum atomic E-state index is 12.0. The number of aromatic nitrogens is 2. The second-order valence-corrected chi connectivity index (χ2v) is 16.5. The molecule has 4 heterocycles. The highest BCUT2D eigenvalue weighted by molar-refractivity contribution is 6.35. The molecule has 322 valence electrons. The van der Waals surface area contributed by atoms with E-state index in [1.165, 1.54) is 13.3 Å². The fraction of sp³-hybridized carbons (Fsp3) is 0.362. The largest absolute Gasteiger partial charge is 0.494 e. The van der Waals surface area contributed by atoms with Gasteiger partial charge in [0.2, 0.25) is 0 Å². The molecule has 2 aliphatic rings. The van der Waals surface area contributed by atoms with Gasteiger partial charge in [-0.05, 0) is 86.6 Å². The maximum absolute atomic E-state index is 12.0. The molecule has 0 aliphatic carbocycles. The van der Waals surface area contributed by atoms with Gasteiger partial charge in [-0.3, -0.25) is 0 Å². The molecule has 2 aliphatic heterocycles. The number of carboxylic acids is 1. The highest BCUT2D eigenvalue weighted by atomic mass is 35.5. The third kappa shape index (κ3) is 11.3. The molecule has 6 aromatic rings. The average molecular weight is 870 g/mol. The molecular weight excluding hydrogens is 815 g/mol. The first-order valence-electron chi connectivity index (χ1n) is 20.8. The van der Waals surface area contributed by atoms with E-state index in [0.29, 0.717) is 39.7 Å². The van der Waals surface area contributed by atoms with E-state index < -0.39 is 5.97 Å². The molecule has 0 amide bonds. The van der Waals surface area contributed by atoms with E-state index in [1.807, 2.05) is 66.7 Å². The van der Waals surface area contributed by atoms with Gasteiger partial charge in [0.25, 0.3) is 0 Å². The molecule has 0 bridgehead atoms. The zero-order valence-electron chi connectivity index (χ0n) is 35.0. The minimum atomic E-state index is -0.963. The van der Waals surface area contributed by atoms with Crippen LogP contribution in [-0.2, 0) is 4.74 Å². The van der Waals surface area contributed by atoms with Crippen molar-refractivity contribution in [1.82, 2.24) is 29.6 Å². The molecule has 2 aromatic heterocycles. The molecule has 12 nitrogen and oxygen atoms in total. The lowest BCUT2D eigenvalue weighted by Crippen LogP contribution is -2.44. The summed E-state index contributed by atoms with van der Waals surface area (Å²) in [6, 6.07) is 23.0. The Morgan fingerprint density at radius 2 is 1.03 bits per heavy atom. The number of carbonyl (C=O) groups is 2. The monoisotopic (exact) mass is 868 g/mol. The van der Waals surface area contributed by atoms with E-state index in [-0.39, 0.29) is 11.5 Å². The predicted molar refractivity (Wildman–Crippen MR) is 244 cm³/mol. The predicted octanol–water partition coefficient (Wildman–Crippen LogP) is 8.49. The molecule has 0 radical (unpaired) electrons. The number of fused-ring (bicyclic) bond motifs is 2. The summed E-state index contributed by atoms with van der Waals surface area (Å²) in [5.41, 5.74) is 5.79. The Morgan fingerprint density at radius 1 is 0.623 bits per heavy atom. The van der Waals surface area contributed by atoms with Gasteiger partial charge in [0, 0.05) is 111 Å². The van der Waals surface area contributed by atoms with Crippen molar-refractivity contribution in [2.75, 3.05) is 99.9 Å². The average Bonchev–Trinajstić information content (AvgIpc) is 3.89. The molecule has 8 rings (SSSR count). The van der Waals surface area contributed by atoms with E-state index in [0.717, 1.165) is 123 Å². The van der Waals surface area contributed by atoms with Crippen LogP contribution in [0.5, 0.6) is 11.5 Å². The number of halogens is 2. The number of likely N-dealkylation sites (N-methyl/N-ethyl adjacent to an activating group) is 2. The summed E-state index contributed by atoms with van der Waals surface area (Å²) in [6.45, 7) is 12.6. The fourth-order valence-corrected chi connectivity index (χ4v) is 8.29. The van der Waals surface area contributed by atoms with Gasteiger partial charge in [0.05, 0.1) is 41.5 Å². The number of carbonyl (C=O) groups excluding carboxylic acids is 1. The first-order chi connectivity index (χ1) is 29.6. The van der Waals surface area contributed by atoms with Gasteiger partial charge in [-0.1, -0.05) is 47.5 Å². The SMILES string of the molecule is CN1CCN(CCCOc2ccc(-c3cc4c(C(=O)O)c[nH]c4cc3Cl)cc2)CC1.COC(=O)c1c[nH]c2cc(Cl)c(-c3ccc(OCCCN4CCN(C)CC4)cc3)cc12. The van der Waals surface area contributed by atoms with Crippen LogP contribution >= 0.6 is 23.2 Å². The Hall–Kier alpha value is -5.08. The van der Waals surface area contributed by atoms with E-state index in [4.69, 9.17) is 37.4 Å². The number of H-pyrrole nitrogens is 2. The number of ether oxygens (including phenoxy) is 3. The minimum Gasteiger partial charge on any atom is -0.494 e. The number of methoxy groups -OCH3 is 1. The van der Waals surface area contributed by atoms with Crippen molar-refractivity contribution in [1.29, 1.82) is 0 Å². The third-order valence-electron chi connectivity index (χ3n) is 11.5. The van der Waals surface area contributed by atoms with Gasteiger partial charge >= 0.3 is 11.9 Å². The van der Waals surface area contributed by atoms with Crippen molar-refractivity contribution in [2.24, 2.45) is 0 Å². The zero-order valence-corrected chi connectivity index (χ0v) is 36.5. The molecule has 2 saturated heterocycles. The van der Waals surface area contributed by atoms with Crippen LogP contribution in [0.1, 0.15) is 33.6 Å². The second-order valence-electron chi connectivity index (χ2n) is 15.7. The molecule has 14 heteroatoms. The molecule has 61 heavy (non-hydrogen) atoms. The Kier molecular flexibility index (Phi) is 14.9. The van der Waals surface area contributed by atoms with Crippen LogP contribution in [0.15, 0.2) is 85.2 Å². The molecule has 0 spiro atoms. The summed E-state index contributed by atoms with van der Waals surface area (Å²) < 4.78 is 16.7. The summed E-state index contributed by atoms with van der Waals surface area (Å²) in [4.78, 5) is 39.2. The number of carboxylic acid groups (broad SMARTS) is 1. The lowest BCUT2D eigenvalue weighted by atomic mass is 10.0. The number of aromatic carboxylic acids is 1. The third-order valence-corrected chi connectivity index (χ3v) is 12.1. The van der Waals surface area contributed by atoms with Crippen LogP contribution in [0, 0.1) is 0 Å². The molecule has 4 aromatic carbocycles. The fourth-order valence-electron chi connectivity index (χ4n) is 7.75. The van der Waals surface area contributed by atoms with Crippen LogP contribution in [0.25, 0.3) is 44.1 Å². The zero-order chi connectivity index (χ0) is 42.9. The lowest BCUT2D eigenvalue weighted by molar-refractivity contribution is 0.0602. The molecule has 0 atom stereocenters. The standard InChI is InChI=1S/C24H28ClN3O3.C23H26ClN3O3/c1-27-9-11-28(12-10-27)8-3-13-31-18-6-4-17(5-7-18)19-14-20-21(24(29)30-2)16-26-23(20)15-22(19)25;1-26-8-10-27(11-9-26)7-2-12-30-17-5-3-16(4-6-17)18-13-19-20(23(28)29)15-25-22(19)14-21(18)24/h4-7,14-16,26H,3,8-13H2,1-2H3;3-6,13-15,25H,2,7-12H2,1H3,(H,28,29). The number of nitrogens with one attached hydrogen (secondary N) is 2. The van der Waals surface area contributed by atoms with Crippen molar-refractivity contribution < 1.29 is 28.9 Å². The minimum absolute atomic E-state index is 0.239. The Bertz CT molecular complexity index is 2400. The number of nitrogens with zero attached hydrogens (tertiary/aromatic N) is 4. The van der Waals surface area contributed by atoms with E-state index in [2.05, 4.69) is 43.7 Å². The van der Waals surface area contributed by atoms with Crippen molar-refractivity contribution in [3.63, 3.8) is 0 Å². The summed E-state index contributed by atoms with van der Waals surface area (Å²) in [7, 11) is 5.71. The summed E-state index contributed by atoms with van der Waals surface area (Å²) >= 11 is 13.0. The molecule has 0 unspecified atom stereocenters. The highest BCUT2D eigenvalue weighted by Crippen LogP contribution is 2.36. The molecule has 2 fully saturated rings. The maximum Gasteiger partial charge on any atom is 0.340 e. The summed E-state index contributed by atoms with van der Waals surface area (Å²) in [6.07, 6.45) is 5.15. The van der Waals surface area contributed by atoms with E-state index in [1.54, 1.807) is 12.3 Å². The van der Waals surface area contributed by atoms with Crippen LogP contribution in [0.2, 0.25) is 10.0 Å². The van der Waals surface area contributed by atoms with E-state index >= 15 is 0 Å². The van der Waals surface area contributed by atoms with Gasteiger partial charge in [-0.2, -0.15) is 0 Å². The van der Waals surface area contributed by atoms with Gasteiger partial charge in [0.15, 0.2) is 0 Å². The van der Waals surface area contributed by atoms with Crippen LogP contribution in [0.4, 0.5) is 0 Å². The highest BCUT2D eigenvalue weighted by Gasteiger charge is 2.18. The number of rotatable bonds is 14. The van der Waals surface area contributed by atoms with Crippen LogP contribution < -0.4 is 9.47 Å². The van der Waals surface area contributed by atoms with Crippen LogP contribution in [-0.4, -0.2) is 146 Å². The second kappa shape index (κ2) is 20.7. The van der Waals surface area contributed by atoms with Gasteiger partial charge in [-0.25, -0.2) is 9.59 Å². The number of hydrogen-bond acceptors (Lipinski definition) is 9. The van der Waals surface area contributed by atoms with Crippen molar-refractivity contribution in [3.05, 3.63) is 106 Å². The Balaban J connectivity index is 0.000000184. The molecular formula is C47H54Cl2N6O6. The topological polar surface area (TPSA) is 127 Å². The Labute approximate surface area is 366 Å².